The molecule has 0 saturated heterocycles. The molecule has 0 spiro atoms. The second kappa shape index (κ2) is 6.39. The fraction of sp³-hybridized carbons (Fsp3) is 0.667. The molecule has 1 aliphatic rings. The van der Waals surface area contributed by atoms with Gasteiger partial charge in [-0.3, -0.25) is 4.98 Å². The van der Waals surface area contributed by atoms with Crippen LogP contribution in [0.2, 0.25) is 0 Å². The molecule has 0 amide bonds. The SMILES string of the molecule is CCCNC1CCCC1CCn1nc2cnccn2c1=O. The van der Waals surface area contributed by atoms with Crippen molar-refractivity contribution in [3.63, 3.8) is 0 Å². The van der Waals surface area contributed by atoms with Gasteiger partial charge in [-0.15, -0.1) is 5.10 Å². The van der Waals surface area contributed by atoms with Gasteiger partial charge in [0, 0.05) is 25.0 Å². The summed E-state index contributed by atoms with van der Waals surface area (Å²) in [5, 5.41) is 7.98. The van der Waals surface area contributed by atoms with E-state index in [1.165, 1.54) is 25.7 Å². The minimum Gasteiger partial charge on any atom is -0.314 e. The largest absolute Gasteiger partial charge is 0.350 e. The van der Waals surface area contributed by atoms with Crippen LogP contribution in [0.1, 0.15) is 39.0 Å². The quantitative estimate of drug-likeness (QED) is 0.874. The lowest BCUT2D eigenvalue weighted by Gasteiger charge is -2.20. The summed E-state index contributed by atoms with van der Waals surface area (Å²) in [5.41, 5.74) is 0.554. The van der Waals surface area contributed by atoms with E-state index in [1.54, 1.807) is 27.7 Å². The lowest BCUT2D eigenvalue weighted by molar-refractivity contribution is 0.352. The van der Waals surface area contributed by atoms with Gasteiger partial charge < -0.3 is 5.32 Å². The first kappa shape index (κ1) is 14.3. The molecule has 21 heavy (non-hydrogen) atoms. The zero-order valence-electron chi connectivity index (χ0n) is 12.5. The summed E-state index contributed by atoms with van der Waals surface area (Å²) in [6, 6.07) is 0.611. The van der Waals surface area contributed by atoms with E-state index in [0.717, 1.165) is 13.0 Å². The fourth-order valence-corrected chi connectivity index (χ4v) is 3.29. The molecule has 114 valence electrons. The number of hydrogen-bond donors (Lipinski definition) is 1. The molecular formula is C15H23N5O. The van der Waals surface area contributed by atoms with Crippen molar-refractivity contribution in [2.75, 3.05) is 6.54 Å². The molecule has 0 radical (unpaired) electrons. The summed E-state index contributed by atoms with van der Waals surface area (Å²) in [6.07, 6.45) is 10.9. The lowest BCUT2D eigenvalue weighted by atomic mass is 9.99. The summed E-state index contributed by atoms with van der Waals surface area (Å²) < 4.78 is 3.13. The summed E-state index contributed by atoms with van der Waals surface area (Å²) >= 11 is 0. The minimum absolute atomic E-state index is 0.0662. The number of aromatic nitrogens is 4. The highest BCUT2D eigenvalue weighted by Crippen LogP contribution is 2.28. The summed E-state index contributed by atoms with van der Waals surface area (Å²) in [5.74, 6) is 0.659. The maximum absolute atomic E-state index is 12.2. The number of hydrogen-bond acceptors (Lipinski definition) is 4. The van der Waals surface area contributed by atoms with Gasteiger partial charge in [0.15, 0.2) is 5.65 Å². The number of nitrogens with one attached hydrogen (secondary N) is 1. The standard InChI is InChI=1S/C15H23N5O/c1-2-7-17-13-5-3-4-12(13)6-9-20-15(21)19-10-8-16-11-14(19)18-20/h8,10-13,17H,2-7,9H2,1H3. The van der Waals surface area contributed by atoms with Gasteiger partial charge in [0.2, 0.25) is 0 Å². The molecule has 0 bridgehead atoms. The van der Waals surface area contributed by atoms with Crippen LogP contribution < -0.4 is 11.0 Å². The van der Waals surface area contributed by atoms with E-state index in [9.17, 15) is 4.79 Å². The van der Waals surface area contributed by atoms with Crippen LogP contribution in [0.5, 0.6) is 0 Å². The van der Waals surface area contributed by atoms with Crippen molar-refractivity contribution >= 4 is 5.65 Å². The number of rotatable bonds is 6. The molecule has 2 atom stereocenters. The third-order valence-electron chi connectivity index (χ3n) is 4.42. The Morgan fingerprint density at radius 3 is 3.14 bits per heavy atom. The topological polar surface area (TPSA) is 64.2 Å². The zero-order valence-corrected chi connectivity index (χ0v) is 12.5. The molecule has 1 N–H and O–H groups in total. The van der Waals surface area contributed by atoms with E-state index in [1.807, 2.05) is 0 Å². The van der Waals surface area contributed by atoms with Crippen molar-refractivity contribution in [1.29, 1.82) is 0 Å². The molecule has 0 aromatic carbocycles. The van der Waals surface area contributed by atoms with Gasteiger partial charge in [0.25, 0.3) is 0 Å². The maximum Gasteiger partial charge on any atom is 0.350 e. The highest BCUT2D eigenvalue weighted by molar-refractivity contribution is 5.31. The van der Waals surface area contributed by atoms with Crippen LogP contribution in [0.25, 0.3) is 5.65 Å². The zero-order chi connectivity index (χ0) is 14.7. The van der Waals surface area contributed by atoms with Crippen LogP contribution in [0.3, 0.4) is 0 Å². The predicted octanol–water partition coefficient (Wildman–Crippen LogP) is 1.45. The van der Waals surface area contributed by atoms with Crippen LogP contribution in [-0.2, 0) is 6.54 Å². The Kier molecular flexibility index (Phi) is 4.34. The van der Waals surface area contributed by atoms with Crippen LogP contribution >= 0.6 is 0 Å². The first-order valence-electron chi connectivity index (χ1n) is 7.92. The van der Waals surface area contributed by atoms with Crippen molar-refractivity contribution in [2.24, 2.45) is 5.92 Å². The molecule has 3 rings (SSSR count). The predicted molar refractivity (Wildman–Crippen MR) is 81.3 cm³/mol. The van der Waals surface area contributed by atoms with E-state index in [2.05, 4.69) is 22.3 Å². The Morgan fingerprint density at radius 1 is 1.43 bits per heavy atom. The first-order valence-corrected chi connectivity index (χ1v) is 7.92. The molecule has 1 saturated carbocycles. The molecule has 0 aliphatic heterocycles. The van der Waals surface area contributed by atoms with Gasteiger partial charge in [-0.25, -0.2) is 13.9 Å². The second-order valence-corrected chi connectivity index (χ2v) is 5.85. The number of fused-ring (bicyclic) bond motifs is 1. The van der Waals surface area contributed by atoms with Crippen molar-refractivity contribution < 1.29 is 0 Å². The van der Waals surface area contributed by atoms with Crippen LogP contribution in [-0.4, -0.2) is 31.8 Å². The van der Waals surface area contributed by atoms with Gasteiger partial charge in [-0.2, -0.15) is 0 Å². The number of nitrogens with zero attached hydrogens (tertiary/aromatic N) is 4. The fourth-order valence-electron chi connectivity index (χ4n) is 3.29. The average Bonchev–Trinajstić information content (AvgIpc) is 3.08. The van der Waals surface area contributed by atoms with Crippen molar-refractivity contribution in [3.8, 4) is 0 Å². The van der Waals surface area contributed by atoms with Gasteiger partial charge in [0.1, 0.15) is 0 Å². The molecule has 6 nitrogen and oxygen atoms in total. The average molecular weight is 289 g/mol. The van der Waals surface area contributed by atoms with Crippen LogP contribution in [0.15, 0.2) is 23.4 Å². The van der Waals surface area contributed by atoms with Crippen LogP contribution in [0.4, 0.5) is 0 Å². The number of aryl methyl sites for hydroxylation is 1. The van der Waals surface area contributed by atoms with Crippen molar-refractivity contribution in [1.82, 2.24) is 24.5 Å². The lowest BCUT2D eigenvalue weighted by Crippen LogP contribution is -2.34. The van der Waals surface area contributed by atoms with E-state index in [-0.39, 0.29) is 5.69 Å². The highest BCUT2D eigenvalue weighted by Gasteiger charge is 2.26. The summed E-state index contributed by atoms with van der Waals surface area (Å²) in [4.78, 5) is 16.2. The van der Waals surface area contributed by atoms with Gasteiger partial charge >= 0.3 is 5.69 Å². The molecule has 2 unspecified atom stereocenters. The Bertz CT molecular complexity index is 647. The summed E-state index contributed by atoms with van der Waals surface area (Å²) in [6.45, 7) is 3.97. The molecule has 2 aromatic rings. The van der Waals surface area contributed by atoms with E-state index in [0.29, 0.717) is 24.2 Å². The van der Waals surface area contributed by atoms with Gasteiger partial charge in [-0.05, 0) is 38.1 Å². The first-order chi connectivity index (χ1) is 10.3. The minimum atomic E-state index is -0.0662. The maximum atomic E-state index is 12.2. The van der Waals surface area contributed by atoms with Gasteiger partial charge in [0.05, 0.1) is 6.20 Å². The highest BCUT2D eigenvalue weighted by atomic mass is 16.2. The molecule has 1 fully saturated rings. The summed E-state index contributed by atoms with van der Waals surface area (Å²) in [7, 11) is 0. The molecular weight excluding hydrogens is 266 g/mol. The molecule has 2 aromatic heterocycles. The van der Waals surface area contributed by atoms with Gasteiger partial charge in [-0.1, -0.05) is 13.3 Å². The second-order valence-electron chi connectivity index (χ2n) is 5.85. The normalized spacial score (nSPS) is 22.1. The van der Waals surface area contributed by atoms with E-state index >= 15 is 0 Å². The molecule has 2 heterocycles. The van der Waals surface area contributed by atoms with E-state index < -0.39 is 0 Å². The molecule has 6 heteroatoms. The third-order valence-corrected chi connectivity index (χ3v) is 4.42. The Hall–Kier alpha value is -1.69. The third kappa shape index (κ3) is 3.00. The van der Waals surface area contributed by atoms with Crippen molar-refractivity contribution in [3.05, 3.63) is 29.1 Å². The van der Waals surface area contributed by atoms with Crippen molar-refractivity contribution in [2.45, 2.75) is 51.6 Å². The van der Waals surface area contributed by atoms with Crippen LogP contribution in [0, 0.1) is 5.92 Å². The molecule has 1 aliphatic carbocycles. The Labute approximate surface area is 124 Å². The van der Waals surface area contributed by atoms with E-state index in [4.69, 9.17) is 0 Å². The smallest absolute Gasteiger partial charge is 0.314 e. The monoisotopic (exact) mass is 289 g/mol. The Balaban J connectivity index is 1.66. The Morgan fingerprint density at radius 2 is 2.33 bits per heavy atom.